The van der Waals surface area contributed by atoms with E-state index in [4.69, 9.17) is 10.5 Å². The summed E-state index contributed by atoms with van der Waals surface area (Å²) in [7, 11) is 0. The van der Waals surface area contributed by atoms with Gasteiger partial charge in [-0.15, -0.1) is 0 Å². The molecular weight excluding hydrogens is 200 g/mol. The minimum Gasteiger partial charge on any atom is -0.381 e. The van der Waals surface area contributed by atoms with Crippen molar-refractivity contribution < 1.29 is 4.74 Å². The van der Waals surface area contributed by atoms with E-state index in [2.05, 4.69) is 11.8 Å². The van der Waals surface area contributed by atoms with E-state index in [1.165, 1.54) is 25.8 Å². The molecule has 1 aliphatic carbocycles. The second-order valence-electron chi connectivity index (χ2n) is 5.44. The molecule has 0 aromatic heterocycles. The largest absolute Gasteiger partial charge is 0.381 e. The summed E-state index contributed by atoms with van der Waals surface area (Å²) in [5, 5.41) is 0. The SMILES string of the molecule is CCN(CC1CCC1)CC(N)C1CCOC1. The van der Waals surface area contributed by atoms with Gasteiger partial charge in [-0.3, -0.25) is 0 Å². The standard InChI is InChI=1S/C13H26N2O/c1-2-15(8-11-4-3-5-11)9-13(14)12-6-7-16-10-12/h11-13H,2-10,14H2,1H3. The van der Waals surface area contributed by atoms with Crippen molar-refractivity contribution in [3.63, 3.8) is 0 Å². The van der Waals surface area contributed by atoms with Gasteiger partial charge in [0, 0.05) is 31.7 Å². The molecule has 2 N–H and O–H groups in total. The smallest absolute Gasteiger partial charge is 0.0510 e. The maximum atomic E-state index is 6.27. The lowest BCUT2D eigenvalue weighted by molar-refractivity contribution is 0.151. The molecule has 2 aliphatic rings. The first-order chi connectivity index (χ1) is 7.79. The molecule has 3 heteroatoms. The summed E-state index contributed by atoms with van der Waals surface area (Å²) in [4.78, 5) is 2.53. The lowest BCUT2D eigenvalue weighted by atomic mass is 9.85. The lowest BCUT2D eigenvalue weighted by Crippen LogP contribution is -2.44. The fourth-order valence-electron chi connectivity index (χ4n) is 2.71. The Morgan fingerprint density at radius 3 is 2.69 bits per heavy atom. The summed E-state index contributed by atoms with van der Waals surface area (Å²) in [6.45, 7) is 7.49. The van der Waals surface area contributed by atoms with Crippen LogP contribution in [-0.2, 0) is 4.74 Å². The molecule has 1 aliphatic heterocycles. The second kappa shape index (κ2) is 5.99. The minimum atomic E-state index is 0.308. The van der Waals surface area contributed by atoms with Crippen molar-refractivity contribution in [1.29, 1.82) is 0 Å². The highest BCUT2D eigenvalue weighted by molar-refractivity contribution is 4.81. The van der Waals surface area contributed by atoms with Crippen molar-refractivity contribution in [3.8, 4) is 0 Å². The maximum Gasteiger partial charge on any atom is 0.0510 e. The van der Waals surface area contributed by atoms with Crippen molar-refractivity contribution in [2.75, 3.05) is 32.8 Å². The van der Waals surface area contributed by atoms with Crippen molar-refractivity contribution in [1.82, 2.24) is 4.90 Å². The van der Waals surface area contributed by atoms with Crippen LogP contribution in [-0.4, -0.2) is 43.8 Å². The minimum absolute atomic E-state index is 0.308. The Hall–Kier alpha value is -0.120. The van der Waals surface area contributed by atoms with Gasteiger partial charge in [0.25, 0.3) is 0 Å². The average molecular weight is 226 g/mol. The first kappa shape index (κ1) is 12.3. The van der Waals surface area contributed by atoms with Gasteiger partial charge in [-0.05, 0) is 31.7 Å². The zero-order valence-electron chi connectivity index (χ0n) is 10.5. The first-order valence-corrected chi connectivity index (χ1v) is 6.85. The number of hydrogen-bond donors (Lipinski definition) is 1. The van der Waals surface area contributed by atoms with E-state index in [1.54, 1.807) is 0 Å². The molecule has 1 heterocycles. The van der Waals surface area contributed by atoms with E-state index in [0.717, 1.165) is 38.6 Å². The van der Waals surface area contributed by atoms with Crippen LogP contribution in [0.4, 0.5) is 0 Å². The number of rotatable bonds is 6. The van der Waals surface area contributed by atoms with Crippen LogP contribution in [0.5, 0.6) is 0 Å². The molecule has 0 aromatic rings. The van der Waals surface area contributed by atoms with Gasteiger partial charge in [-0.25, -0.2) is 0 Å². The zero-order valence-corrected chi connectivity index (χ0v) is 10.5. The summed E-state index contributed by atoms with van der Waals surface area (Å²) >= 11 is 0. The number of ether oxygens (including phenoxy) is 1. The van der Waals surface area contributed by atoms with Crippen LogP contribution in [0, 0.1) is 11.8 Å². The summed E-state index contributed by atoms with van der Waals surface area (Å²) in [5.41, 5.74) is 6.27. The molecule has 0 radical (unpaired) electrons. The summed E-state index contributed by atoms with van der Waals surface area (Å²) < 4.78 is 5.41. The van der Waals surface area contributed by atoms with E-state index in [9.17, 15) is 0 Å². The molecule has 2 unspecified atom stereocenters. The van der Waals surface area contributed by atoms with Gasteiger partial charge in [-0.2, -0.15) is 0 Å². The fourth-order valence-corrected chi connectivity index (χ4v) is 2.71. The molecule has 2 fully saturated rings. The number of likely N-dealkylation sites (N-methyl/N-ethyl adjacent to an activating group) is 1. The van der Waals surface area contributed by atoms with E-state index in [1.807, 2.05) is 0 Å². The van der Waals surface area contributed by atoms with Crippen LogP contribution in [0.1, 0.15) is 32.6 Å². The van der Waals surface area contributed by atoms with Crippen LogP contribution in [0.3, 0.4) is 0 Å². The van der Waals surface area contributed by atoms with Crippen molar-refractivity contribution in [3.05, 3.63) is 0 Å². The number of nitrogens with zero attached hydrogens (tertiary/aromatic N) is 1. The van der Waals surface area contributed by atoms with Gasteiger partial charge in [0.05, 0.1) is 6.61 Å². The highest BCUT2D eigenvalue weighted by Crippen LogP contribution is 2.27. The highest BCUT2D eigenvalue weighted by Gasteiger charge is 2.26. The van der Waals surface area contributed by atoms with E-state index < -0.39 is 0 Å². The predicted molar refractivity (Wildman–Crippen MR) is 66.4 cm³/mol. The summed E-state index contributed by atoms with van der Waals surface area (Å²) in [6.07, 6.45) is 5.45. The van der Waals surface area contributed by atoms with E-state index >= 15 is 0 Å². The van der Waals surface area contributed by atoms with Gasteiger partial charge < -0.3 is 15.4 Å². The van der Waals surface area contributed by atoms with Crippen molar-refractivity contribution in [2.24, 2.45) is 17.6 Å². The third-order valence-corrected chi connectivity index (χ3v) is 4.23. The fraction of sp³-hybridized carbons (Fsp3) is 1.00. The Bertz CT molecular complexity index is 200. The molecule has 1 saturated carbocycles. The third-order valence-electron chi connectivity index (χ3n) is 4.23. The van der Waals surface area contributed by atoms with Gasteiger partial charge in [0.2, 0.25) is 0 Å². The third kappa shape index (κ3) is 3.19. The lowest BCUT2D eigenvalue weighted by Gasteiger charge is -2.34. The van der Waals surface area contributed by atoms with Crippen LogP contribution in [0.2, 0.25) is 0 Å². The van der Waals surface area contributed by atoms with Gasteiger partial charge in [0.1, 0.15) is 0 Å². The number of hydrogen-bond acceptors (Lipinski definition) is 3. The Morgan fingerprint density at radius 1 is 1.38 bits per heavy atom. The Labute approximate surface area is 99.3 Å². The molecule has 0 bridgehead atoms. The monoisotopic (exact) mass is 226 g/mol. The van der Waals surface area contributed by atoms with Crippen LogP contribution < -0.4 is 5.73 Å². The molecular formula is C13H26N2O. The molecule has 0 spiro atoms. The first-order valence-electron chi connectivity index (χ1n) is 6.85. The van der Waals surface area contributed by atoms with Crippen LogP contribution in [0.15, 0.2) is 0 Å². The molecule has 0 amide bonds. The zero-order chi connectivity index (χ0) is 11.4. The highest BCUT2D eigenvalue weighted by atomic mass is 16.5. The second-order valence-corrected chi connectivity index (χ2v) is 5.44. The molecule has 2 rings (SSSR count). The van der Waals surface area contributed by atoms with Crippen molar-refractivity contribution >= 4 is 0 Å². The quantitative estimate of drug-likeness (QED) is 0.745. The average Bonchev–Trinajstić information content (AvgIpc) is 2.74. The van der Waals surface area contributed by atoms with Gasteiger partial charge in [0.15, 0.2) is 0 Å². The normalized spacial score (nSPS) is 28.3. The summed E-state index contributed by atoms with van der Waals surface area (Å²) in [5.74, 6) is 1.54. The van der Waals surface area contributed by atoms with E-state index in [-0.39, 0.29) is 0 Å². The predicted octanol–water partition coefficient (Wildman–Crippen LogP) is 1.47. The summed E-state index contributed by atoms with van der Waals surface area (Å²) in [6, 6.07) is 0.308. The molecule has 0 aromatic carbocycles. The molecule has 16 heavy (non-hydrogen) atoms. The maximum absolute atomic E-state index is 6.27. The topological polar surface area (TPSA) is 38.5 Å². The van der Waals surface area contributed by atoms with E-state index in [0.29, 0.717) is 12.0 Å². The molecule has 3 nitrogen and oxygen atoms in total. The Morgan fingerprint density at radius 2 is 2.19 bits per heavy atom. The van der Waals surface area contributed by atoms with Crippen LogP contribution >= 0.6 is 0 Å². The van der Waals surface area contributed by atoms with Crippen molar-refractivity contribution in [2.45, 2.75) is 38.6 Å². The Kier molecular flexibility index (Phi) is 4.62. The molecule has 1 saturated heterocycles. The Balaban J connectivity index is 1.71. The molecule has 94 valence electrons. The van der Waals surface area contributed by atoms with Gasteiger partial charge >= 0.3 is 0 Å². The molecule has 2 atom stereocenters. The van der Waals surface area contributed by atoms with Gasteiger partial charge in [-0.1, -0.05) is 13.3 Å². The number of nitrogens with two attached hydrogens (primary N) is 1. The van der Waals surface area contributed by atoms with Crippen LogP contribution in [0.25, 0.3) is 0 Å².